The lowest BCUT2D eigenvalue weighted by Crippen LogP contribution is -2.47. The zero-order valence-corrected chi connectivity index (χ0v) is 15.7. The highest BCUT2D eigenvalue weighted by atomic mass is 16.5. The van der Waals surface area contributed by atoms with Gasteiger partial charge in [0.15, 0.2) is 5.69 Å². The van der Waals surface area contributed by atoms with Crippen molar-refractivity contribution in [3.05, 3.63) is 17.5 Å². The number of nitrogens with one attached hydrogen (secondary N) is 1. The van der Waals surface area contributed by atoms with Gasteiger partial charge in [-0.2, -0.15) is 0 Å². The molecule has 2 fully saturated rings. The number of nitrogens with zero attached hydrogens (tertiary/aromatic N) is 2. The second-order valence-corrected chi connectivity index (χ2v) is 7.57. The summed E-state index contributed by atoms with van der Waals surface area (Å²) in [5, 5.41) is 16.0. The Kier molecular flexibility index (Phi) is 6.84. The van der Waals surface area contributed by atoms with Crippen LogP contribution in [0.15, 0.2) is 10.6 Å². The molecule has 0 radical (unpaired) electrons. The van der Waals surface area contributed by atoms with Gasteiger partial charge in [0.2, 0.25) is 5.91 Å². The highest BCUT2D eigenvalue weighted by molar-refractivity contribution is 5.92. The molecule has 150 valence electrons. The van der Waals surface area contributed by atoms with Crippen molar-refractivity contribution in [3.8, 4) is 0 Å². The van der Waals surface area contributed by atoms with Gasteiger partial charge in [-0.25, -0.2) is 0 Å². The Morgan fingerprint density at radius 3 is 2.63 bits per heavy atom. The zero-order valence-electron chi connectivity index (χ0n) is 15.7. The minimum atomic E-state index is -0.189. The number of amides is 2. The van der Waals surface area contributed by atoms with Crippen LogP contribution in [0.3, 0.4) is 0 Å². The molecule has 0 aromatic carbocycles. The van der Waals surface area contributed by atoms with E-state index in [-0.39, 0.29) is 30.5 Å². The van der Waals surface area contributed by atoms with Gasteiger partial charge >= 0.3 is 0 Å². The first-order chi connectivity index (χ1) is 13.1. The second-order valence-electron chi connectivity index (χ2n) is 7.57. The van der Waals surface area contributed by atoms with Crippen LogP contribution >= 0.6 is 0 Å². The number of carbonyl (C=O) groups is 2. The van der Waals surface area contributed by atoms with Crippen molar-refractivity contribution in [1.29, 1.82) is 0 Å². The summed E-state index contributed by atoms with van der Waals surface area (Å²) in [6.07, 6.45) is 6.41. The largest absolute Gasteiger partial charge is 0.396 e. The maximum atomic E-state index is 12.4. The molecule has 0 spiro atoms. The Bertz CT molecular complexity index is 635. The molecule has 8 nitrogen and oxygen atoms in total. The fraction of sp³-hybridized carbons (Fsp3) is 0.737. The van der Waals surface area contributed by atoms with Crippen molar-refractivity contribution >= 4 is 11.8 Å². The monoisotopic (exact) mass is 378 g/mol. The Balaban J connectivity index is 1.49. The number of aliphatic hydroxyl groups excluding tert-OH is 1. The molecule has 0 aliphatic heterocycles. The molecule has 0 saturated heterocycles. The van der Waals surface area contributed by atoms with Crippen LogP contribution in [-0.2, 0) is 4.79 Å². The molecule has 1 aromatic heterocycles. The molecule has 4 N–H and O–H groups in total. The molecule has 0 bridgehead atoms. The summed E-state index contributed by atoms with van der Waals surface area (Å²) in [5.41, 5.74) is 5.87. The average molecular weight is 378 g/mol. The smallest absolute Gasteiger partial charge is 0.273 e. The predicted octanol–water partition coefficient (Wildman–Crippen LogP) is 1.15. The maximum Gasteiger partial charge on any atom is 0.273 e. The number of aliphatic hydroxyl groups is 1. The molecule has 2 aliphatic carbocycles. The summed E-state index contributed by atoms with van der Waals surface area (Å²) in [4.78, 5) is 26.6. The first-order valence-electron chi connectivity index (χ1n) is 10.00. The summed E-state index contributed by atoms with van der Waals surface area (Å²) in [6.45, 7) is 0.957. The van der Waals surface area contributed by atoms with E-state index in [0.717, 1.165) is 44.3 Å². The van der Waals surface area contributed by atoms with E-state index in [2.05, 4.69) is 10.5 Å². The second kappa shape index (κ2) is 9.32. The van der Waals surface area contributed by atoms with Gasteiger partial charge in [-0.1, -0.05) is 5.16 Å². The lowest BCUT2D eigenvalue weighted by molar-refractivity contribution is -0.134. The van der Waals surface area contributed by atoms with E-state index in [1.54, 1.807) is 6.07 Å². The molecule has 8 heteroatoms. The molecule has 2 saturated carbocycles. The van der Waals surface area contributed by atoms with Gasteiger partial charge in [-0.3, -0.25) is 9.59 Å². The molecular weight excluding hydrogens is 348 g/mol. The van der Waals surface area contributed by atoms with Crippen molar-refractivity contribution in [3.63, 3.8) is 0 Å². The third-order valence-corrected chi connectivity index (χ3v) is 5.45. The summed E-state index contributed by atoms with van der Waals surface area (Å²) in [6, 6.07) is 1.98. The quantitative estimate of drug-likeness (QED) is 0.593. The topological polar surface area (TPSA) is 122 Å². The number of nitrogens with two attached hydrogens (primary N) is 1. The number of hydrogen-bond acceptors (Lipinski definition) is 6. The van der Waals surface area contributed by atoms with Gasteiger partial charge in [0.05, 0.1) is 0 Å². The number of hydrogen-bond donors (Lipinski definition) is 3. The molecule has 1 heterocycles. The molecular formula is C19H30N4O4. The summed E-state index contributed by atoms with van der Waals surface area (Å²) in [5.74, 6) is 1.10. The van der Waals surface area contributed by atoms with Gasteiger partial charge in [-0.15, -0.1) is 0 Å². The normalized spacial score (nSPS) is 22.4. The van der Waals surface area contributed by atoms with E-state index in [0.29, 0.717) is 37.5 Å². The summed E-state index contributed by atoms with van der Waals surface area (Å²) in [7, 11) is 0. The minimum Gasteiger partial charge on any atom is -0.396 e. The Morgan fingerprint density at radius 2 is 2.00 bits per heavy atom. The van der Waals surface area contributed by atoms with Gasteiger partial charge < -0.3 is 25.6 Å². The SMILES string of the molecule is NCCC(=O)N(CCCO)[C@H]1CC[C@H](NC(=O)c2cc(C3CC3)on2)CC1. The van der Waals surface area contributed by atoms with Crippen molar-refractivity contribution in [2.24, 2.45) is 5.73 Å². The van der Waals surface area contributed by atoms with E-state index >= 15 is 0 Å². The highest BCUT2D eigenvalue weighted by Gasteiger charge is 2.31. The predicted molar refractivity (Wildman–Crippen MR) is 99.1 cm³/mol. The molecule has 1 aromatic rings. The van der Waals surface area contributed by atoms with Crippen molar-refractivity contribution in [1.82, 2.24) is 15.4 Å². The highest BCUT2D eigenvalue weighted by Crippen LogP contribution is 2.40. The minimum absolute atomic E-state index is 0.0497. The fourth-order valence-electron chi connectivity index (χ4n) is 3.77. The van der Waals surface area contributed by atoms with Crippen LogP contribution in [0.4, 0.5) is 0 Å². The van der Waals surface area contributed by atoms with E-state index < -0.39 is 0 Å². The molecule has 2 amide bonds. The number of rotatable bonds is 9. The average Bonchev–Trinajstić information content (AvgIpc) is 3.40. The first kappa shape index (κ1) is 19.8. The molecule has 2 aliphatic rings. The van der Waals surface area contributed by atoms with Gasteiger partial charge in [0, 0.05) is 50.2 Å². The Hall–Kier alpha value is -1.93. The van der Waals surface area contributed by atoms with Crippen LogP contribution < -0.4 is 11.1 Å². The van der Waals surface area contributed by atoms with Crippen molar-refractivity contribution in [2.75, 3.05) is 19.7 Å². The summed E-state index contributed by atoms with van der Waals surface area (Å²) >= 11 is 0. The lowest BCUT2D eigenvalue weighted by Gasteiger charge is -2.37. The van der Waals surface area contributed by atoms with Crippen LogP contribution in [0, 0.1) is 0 Å². The van der Waals surface area contributed by atoms with Crippen LogP contribution in [0.1, 0.15) is 73.5 Å². The lowest BCUT2D eigenvalue weighted by atomic mass is 9.89. The van der Waals surface area contributed by atoms with Crippen molar-refractivity contribution in [2.45, 2.75) is 69.4 Å². The Morgan fingerprint density at radius 1 is 1.26 bits per heavy atom. The number of aromatic nitrogens is 1. The van der Waals surface area contributed by atoms with Gasteiger partial charge in [0.1, 0.15) is 5.76 Å². The molecule has 0 unspecified atom stereocenters. The van der Waals surface area contributed by atoms with Crippen molar-refractivity contribution < 1.29 is 19.2 Å². The third-order valence-electron chi connectivity index (χ3n) is 5.45. The van der Waals surface area contributed by atoms with Crippen LogP contribution in [-0.4, -0.2) is 58.8 Å². The third kappa shape index (κ3) is 5.29. The number of carbonyl (C=O) groups excluding carboxylic acids is 2. The van der Waals surface area contributed by atoms with E-state index in [9.17, 15) is 9.59 Å². The fourth-order valence-corrected chi connectivity index (χ4v) is 3.77. The Labute approximate surface area is 159 Å². The van der Waals surface area contributed by atoms with Crippen LogP contribution in [0.2, 0.25) is 0 Å². The molecule has 0 atom stereocenters. The van der Waals surface area contributed by atoms with Crippen LogP contribution in [0.5, 0.6) is 0 Å². The van der Waals surface area contributed by atoms with Gasteiger partial charge in [0.25, 0.3) is 5.91 Å². The standard InChI is InChI=1S/C19H30N4O4/c20-9-8-18(25)23(10-1-11-24)15-6-4-14(5-7-15)21-19(26)16-12-17(27-22-16)13-2-3-13/h12-15,24H,1-11,20H2,(H,21,26)/t14-,15-. The van der Waals surface area contributed by atoms with E-state index in [1.807, 2.05) is 4.90 Å². The van der Waals surface area contributed by atoms with E-state index in [1.165, 1.54) is 0 Å². The van der Waals surface area contributed by atoms with Crippen LogP contribution in [0.25, 0.3) is 0 Å². The van der Waals surface area contributed by atoms with E-state index in [4.69, 9.17) is 15.4 Å². The zero-order chi connectivity index (χ0) is 19.2. The maximum absolute atomic E-state index is 12.4. The molecule has 3 rings (SSSR count). The summed E-state index contributed by atoms with van der Waals surface area (Å²) < 4.78 is 5.25. The molecule has 27 heavy (non-hydrogen) atoms. The van der Waals surface area contributed by atoms with Gasteiger partial charge in [-0.05, 0) is 44.9 Å². The first-order valence-corrected chi connectivity index (χ1v) is 10.00.